The number of hydrogen-bond donors (Lipinski definition) is 0. The van der Waals surface area contributed by atoms with E-state index in [-0.39, 0.29) is 20.1 Å². The molecule has 4 heteroatoms. The molecule has 39 valence electrons. The van der Waals surface area contributed by atoms with Gasteiger partial charge in [-0.05, 0) is 11.3 Å². The predicted molar refractivity (Wildman–Crippen MR) is 19.8 cm³/mol. The molecule has 0 aliphatic rings. The Morgan fingerprint density at radius 1 is 1.00 bits per heavy atom. The van der Waals surface area contributed by atoms with Crippen molar-refractivity contribution in [1.29, 1.82) is 0 Å². The van der Waals surface area contributed by atoms with E-state index in [0.29, 0.717) is 0 Å². The summed E-state index contributed by atoms with van der Waals surface area (Å²) >= 11 is 0. The molecule has 1 rings (SSSR count). The van der Waals surface area contributed by atoms with Crippen LogP contribution in [0.25, 0.3) is 0 Å². The van der Waals surface area contributed by atoms with Gasteiger partial charge in [0, 0.05) is 20.1 Å². The second-order valence-electron chi connectivity index (χ2n) is 0.811. The van der Waals surface area contributed by atoms with E-state index in [2.05, 4.69) is 15.4 Å². The van der Waals surface area contributed by atoms with E-state index in [4.69, 9.17) is 0 Å². The molecule has 1 radical (unpaired) electrons. The summed E-state index contributed by atoms with van der Waals surface area (Å²) < 4.78 is 0. The van der Waals surface area contributed by atoms with E-state index in [0.717, 1.165) is 0 Å². The SMILES string of the molecule is [Ir].c1cnnnc1. The third-order valence-corrected chi connectivity index (χ3v) is 0.409. The average Bonchev–Trinajstić information content (AvgIpc) is 1.72. The van der Waals surface area contributed by atoms with E-state index in [1.807, 2.05) is 0 Å². The van der Waals surface area contributed by atoms with Crippen LogP contribution in [0.4, 0.5) is 0 Å². The fourth-order valence-electron chi connectivity index (χ4n) is 0.205. The zero-order valence-electron chi connectivity index (χ0n) is 3.41. The molecule has 7 heavy (non-hydrogen) atoms. The van der Waals surface area contributed by atoms with Gasteiger partial charge in [-0.25, -0.2) is 0 Å². The van der Waals surface area contributed by atoms with Gasteiger partial charge in [-0.1, -0.05) is 0 Å². The van der Waals surface area contributed by atoms with Gasteiger partial charge in [-0.3, -0.25) is 0 Å². The monoisotopic (exact) mass is 274 g/mol. The minimum absolute atomic E-state index is 0. The van der Waals surface area contributed by atoms with Crippen LogP contribution in [0.3, 0.4) is 0 Å². The summed E-state index contributed by atoms with van der Waals surface area (Å²) in [5.41, 5.74) is 0. The minimum atomic E-state index is 0. The second kappa shape index (κ2) is 3.84. The first kappa shape index (κ1) is 6.66. The Morgan fingerprint density at radius 3 is 1.71 bits per heavy atom. The van der Waals surface area contributed by atoms with E-state index < -0.39 is 0 Å². The first-order chi connectivity index (χ1) is 3.00. The maximum Gasteiger partial charge on any atom is 0.0529 e. The third-order valence-electron chi connectivity index (χ3n) is 0.409. The van der Waals surface area contributed by atoms with Gasteiger partial charge in [-0.2, -0.15) is 0 Å². The van der Waals surface area contributed by atoms with Crippen LogP contribution < -0.4 is 0 Å². The Kier molecular flexibility index (Phi) is 3.65. The molecule has 0 atom stereocenters. The van der Waals surface area contributed by atoms with Gasteiger partial charge in [0.05, 0.1) is 12.4 Å². The molecular formula is C3H3IrN3. The van der Waals surface area contributed by atoms with Gasteiger partial charge in [0.1, 0.15) is 0 Å². The van der Waals surface area contributed by atoms with Crippen LogP contribution >= 0.6 is 0 Å². The van der Waals surface area contributed by atoms with Crippen LogP contribution in [-0.2, 0) is 20.1 Å². The van der Waals surface area contributed by atoms with Gasteiger partial charge in [0.25, 0.3) is 0 Å². The molecule has 0 aromatic carbocycles. The van der Waals surface area contributed by atoms with Crippen molar-refractivity contribution in [2.75, 3.05) is 0 Å². The number of aromatic nitrogens is 3. The molecule has 1 heterocycles. The second-order valence-corrected chi connectivity index (χ2v) is 0.811. The quantitative estimate of drug-likeness (QED) is 0.661. The smallest absolute Gasteiger partial charge is 0.0529 e. The largest absolute Gasteiger partial charge is 0.139 e. The van der Waals surface area contributed by atoms with E-state index >= 15 is 0 Å². The molecule has 0 spiro atoms. The summed E-state index contributed by atoms with van der Waals surface area (Å²) in [7, 11) is 0. The van der Waals surface area contributed by atoms with Gasteiger partial charge in [0.2, 0.25) is 0 Å². The molecule has 0 saturated carbocycles. The summed E-state index contributed by atoms with van der Waals surface area (Å²) in [6, 6.07) is 1.72. The summed E-state index contributed by atoms with van der Waals surface area (Å²) in [5.74, 6) is 0. The fourth-order valence-corrected chi connectivity index (χ4v) is 0.205. The number of rotatable bonds is 0. The van der Waals surface area contributed by atoms with Crippen molar-refractivity contribution < 1.29 is 20.1 Å². The van der Waals surface area contributed by atoms with Crippen molar-refractivity contribution in [3.05, 3.63) is 18.5 Å². The van der Waals surface area contributed by atoms with Crippen LogP contribution in [0.5, 0.6) is 0 Å². The van der Waals surface area contributed by atoms with Gasteiger partial charge in [-0.15, -0.1) is 10.2 Å². The van der Waals surface area contributed by atoms with Crippen molar-refractivity contribution >= 4 is 0 Å². The van der Waals surface area contributed by atoms with E-state index in [9.17, 15) is 0 Å². The third kappa shape index (κ3) is 2.37. The molecule has 0 amide bonds. The first-order valence-corrected chi connectivity index (χ1v) is 1.58. The molecule has 0 fully saturated rings. The Hall–Kier alpha value is -0.341. The molecular weight excluding hydrogens is 270 g/mol. The summed E-state index contributed by atoms with van der Waals surface area (Å²) in [5, 5.41) is 10.1. The fraction of sp³-hybridized carbons (Fsp3) is 0. The molecule has 1 aromatic heterocycles. The molecule has 0 aliphatic carbocycles. The number of nitrogens with zero attached hydrogens (tertiary/aromatic N) is 3. The Bertz CT molecular complexity index is 82.1. The maximum atomic E-state index is 3.42. The van der Waals surface area contributed by atoms with E-state index in [1.54, 1.807) is 18.5 Å². The Morgan fingerprint density at radius 2 is 1.57 bits per heavy atom. The number of hydrogen-bond acceptors (Lipinski definition) is 3. The predicted octanol–water partition coefficient (Wildman–Crippen LogP) is -0.131. The Balaban J connectivity index is 0.000000360. The van der Waals surface area contributed by atoms with Gasteiger partial charge >= 0.3 is 0 Å². The van der Waals surface area contributed by atoms with Crippen LogP contribution in [0.15, 0.2) is 18.5 Å². The maximum absolute atomic E-state index is 3.42. The molecule has 3 nitrogen and oxygen atoms in total. The van der Waals surface area contributed by atoms with Crippen molar-refractivity contribution in [2.24, 2.45) is 0 Å². The molecule has 0 unspecified atom stereocenters. The van der Waals surface area contributed by atoms with E-state index in [1.165, 1.54) is 0 Å². The molecule has 0 saturated heterocycles. The normalized spacial score (nSPS) is 6.86. The summed E-state index contributed by atoms with van der Waals surface area (Å²) in [6.45, 7) is 0. The zero-order chi connectivity index (χ0) is 4.24. The van der Waals surface area contributed by atoms with Gasteiger partial charge in [0.15, 0.2) is 0 Å². The van der Waals surface area contributed by atoms with Gasteiger partial charge < -0.3 is 0 Å². The summed E-state index contributed by atoms with van der Waals surface area (Å²) in [6.07, 6.45) is 3.15. The Labute approximate surface area is 54.5 Å². The van der Waals surface area contributed by atoms with Crippen molar-refractivity contribution in [3.63, 3.8) is 0 Å². The van der Waals surface area contributed by atoms with Crippen LogP contribution in [-0.4, -0.2) is 15.4 Å². The molecule has 1 aromatic rings. The van der Waals surface area contributed by atoms with Crippen LogP contribution in [0.1, 0.15) is 0 Å². The van der Waals surface area contributed by atoms with Crippen LogP contribution in [0.2, 0.25) is 0 Å². The topological polar surface area (TPSA) is 38.7 Å². The van der Waals surface area contributed by atoms with Crippen molar-refractivity contribution in [1.82, 2.24) is 15.4 Å². The molecule has 0 N–H and O–H groups in total. The zero-order valence-corrected chi connectivity index (χ0v) is 5.80. The first-order valence-electron chi connectivity index (χ1n) is 1.58. The molecule has 0 aliphatic heterocycles. The average molecular weight is 273 g/mol. The standard InChI is InChI=1S/C3H3N3.Ir/c1-2-4-6-5-3-1;/h1-3H;. The van der Waals surface area contributed by atoms with Crippen LogP contribution in [0, 0.1) is 0 Å². The summed E-state index contributed by atoms with van der Waals surface area (Å²) in [4.78, 5) is 0. The van der Waals surface area contributed by atoms with Crippen molar-refractivity contribution in [2.45, 2.75) is 0 Å². The molecule has 0 bridgehead atoms. The van der Waals surface area contributed by atoms with Crippen molar-refractivity contribution in [3.8, 4) is 0 Å². The minimum Gasteiger partial charge on any atom is -0.139 e.